The highest BCUT2D eigenvalue weighted by atomic mass is 16.5. The van der Waals surface area contributed by atoms with Gasteiger partial charge in [0, 0.05) is 31.2 Å². The lowest BCUT2D eigenvalue weighted by Gasteiger charge is -2.39. The first-order valence-electron chi connectivity index (χ1n) is 5.90. The van der Waals surface area contributed by atoms with E-state index in [0.717, 1.165) is 31.3 Å². The third kappa shape index (κ3) is 2.85. The van der Waals surface area contributed by atoms with E-state index in [4.69, 9.17) is 4.74 Å². The summed E-state index contributed by atoms with van der Waals surface area (Å²) in [7, 11) is 1.63. The van der Waals surface area contributed by atoms with Gasteiger partial charge in [-0.3, -0.25) is 0 Å². The van der Waals surface area contributed by atoms with Crippen LogP contribution in [-0.4, -0.2) is 42.3 Å². The average molecular weight is 236 g/mol. The Balaban J connectivity index is 2.24. The SMILES string of the molecule is COc1cc(N2CCNC(C)(C)C2)nc(C)n1. The Kier molecular flexibility index (Phi) is 3.19. The molecule has 1 N–H and O–H groups in total. The fraction of sp³-hybridized carbons (Fsp3) is 0.667. The number of anilines is 1. The highest BCUT2D eigenvalue weighted by Crippen LogP contribution is 2.21. The molecule has 1 fully saturated rings. The third-order valence-corrected chi connectivity index (χ3v) is 2.91. The fourth-order valence-electron chi connectivity index (χ4n) is 2.13. The van der Waals surface area contributed by atoms with E-state index < -0.39 is 0 Å². The maximum atomic E-state index is 5.19. The van der Waals surface area contributed by atoms with Crippen molar-refractivity contribution in [2.75, 3.05) is 31.6 Å². The Morgan fingerprint density at radius 1 is 1.41 bits per heavy atom. The normalized spacial score (nSPS) is 19.2. The maximum Gasteiger partial charge on any atom is 0.218 e. The van der Waals surface area contributed by atoms with Gasteiger partial charge >= 0.3 is 0 Å². The molecule has 2 heterocycles. The molecular weight excluding hydrogens is 216 g/mol. The summed E-state index contributed by atoms with van der Waals surface area (Å²) in [5, 5.41) is 3.48. The number of rotatable bonds is 2. The molecule has 94 valence electrons. The maximum absolute atomic E-state index is 5.19. The van der Waals surface area contributed by atoms with Gasteiger partial charge in [0.1, 0.15) is 11.6 Å². The van der Waals surface area contributed by atoms with E-state index in [9.17, 15) is 0 Å². The van der Waals surface area contributed by atoms with Crippen LogP contribution in [0.2, 0.25) is 0 Å². The molecule has 1 aliphatic heterocycles. The molecule has 0 radical (unpaired) electrons. The van der Waals surface area contributed by atoms with Crippen molar-refractivity contribution >= 4 is 5.82 Å². The fourth-order valence-corrected chi connectivity index (χ4v) is 2.13. The van der Waals surface area contributed by atoms with Crippen LogP contribution in [0.3, 0.4) is 0 Å². The van der Waals surface area contributed by atoms with Crippen LogP contribution >= 0.6 is 0 Å². The summed E-state index contributed by atoms with van der Waals surface area (Å²) in [6.07, 6.45) is 0. The van der Waals surface area contributed by atoms with Gasteiger partial charge in [0.2, 0.25) is 5.88 Å². The summed E-state index contributed by atoms with van der Waals surface area (Å²) in [4.78, 5) is 11.0. The molecule has 2 rings (SSSR count). The number of methoxy groups -OCH3 is 1. The van der Waals surface area contributed by atoms with Crippen molar-refractivity contribution in [1.82, 2.24) is 15.3 Å². The van der Waals surface area contributed by atoms with E-state index in [1.54, 1.807) is 7.11 Å². The van der Waals surface area contributed by atoms with Crippen LogP contribution in [0.1, 0.15) is 19.7 Å². The van der Waals surface area contributed by atoms with E-state index >= 15 is 0 Å². The van der Waals surface area contributed by atoms with E-state index in [1.165, 1.54) is 0 Å². The lowest BCUT2D eigenvalue weighted by molar-refractivity contribution is 0.350. The minimum absolute atomic E-state index is 0.115. The summed E-state index contributed by atoms with van der Waals surface area (Å²) >= 11 is 0. The van der Waals surface area contributed by atoms with E-state index in [1.807, 2.05) is 13.0 Å². The smallest absolute Gasteiger partial charge is 0.218 e. The number of ether oxygens (including phenoxy) is 1. The number of hydrogen-bond donors (Lipinski definition) is 1. The van der Waals surface area contributed by atoms with Crippen molar-refractivity contribution in [3.05, 3.63) is 11.9 Å². The van der Waals surface area contributed by atoms with Crippen molar-refractivity contribution in [2.24, 2.45) is 0 Å². The van der Waals surface area contributed by atoms with Crippen molar-refractivity contribution < 1.29 is 4.74 Å². The Bertz CT molecular complexity index is 405. The molecule has 0 amide bonds. The number of nitrogens with zero attached hydrogens (tertiary/aromatic N) is 3. The standard InChI is InChI=1S/C12H20N4O/c1-9-14-10(7-11(15-9)17-4)16-6-5-13-12(2,3)8-16/h7,13H,5-6,8H2,1-4H3. The number of hydrogen-bond acceptors (Lipinski definition) is 5. The summed E-state index contributed by atoms with van der Waals surface area (Å²) in [6, 6.07) is 1.90. The number of aromatic nitrogens is 2. The molecule has 1 aromatic heterocycles. The summed E-state index contributed by atoms with van der Waals surface area (Å²) in [5.41, 5.74) is 0.115. The third-order valence-electron chi connectivity index (χ3n) is 2.91. The second kappa shape index (κ2) is 4.49. The molecule has 0 atom stereocenters. The summed E-state index contributed by atoms with van der Waals surface area (Å²) in [6.45, 7) is 9.16. The van der Waals surface area contributed by atoms with Crippen LogP contribution in [0.15, 0.2) is 6.07 Å². The van der Waals surface area contributed by atoms with Crippen LogP contribution in [0.4, 0.5) is 5.82 Å². The average Bonchev–Trinajstić information content (AvgIpc) is 2.27. The van der Waals surface area contributed by atoms with Gasteiger partial charge in [-0.2, -0.15) is 4.98 Å². The van der Waals surface area contributed by atoms with Crippen molar-refractivity contribution in [3.8, 4) is 5.88 Å². The molecule has 5 nitrogen and oxygen atoms in total. The van der Waals surface area contributed by atoms with E-state index in [0.29, 0.717) is 5.88 Å². The first-order valence-corrected chi connectivity index (χ1v) is 5.90. The van der Waals surface area contributed by atoms with Gasteiger partial charge in [-0.05, 0) is 20.8 Å². The molecule has 0 aliphatic carbocycles. The van der Waals surface area contributed by atoms with Gasteiger partial charge in [-0.1, -0.05) is 0 Å². The van der Waals surface area contributed by atoms with Gasteiger partial charge in [0.15, 0.2) is 0 Å². The first kappa shape index (κ1) is 12.1. The summed E-state index contributed by atoms with van der Waals surface area (Å²) in [5.74, 6) is 2.32. The molecular formula is C12H20N4O. The van der Waals surface area contributed by atoms with Gasteiger partial charge in [0.25, 0.3) is 0 Å². The Labute approximate surface area is 102 Å². The highest BCUT2D eigenvalue weighted by molar-refractivity contribution is 5.43. The number of aryl methyl sites for hydroxylation is 1. The second-order valence-corrected chi connectivity index (χ2v) is 5.05. The van der Waals surface area contributed by atoms with Gasteiger partial charge in [-0.25, -0.2) is 4.98 Å². The number of piperazine rings is 1. The summed E-state index contributed by atoms with van der Waals surface area (Å²) < 4.78 is 5.19. The molecule has 0 spiro atoms. The molecule has 17 heavy (non-hydrogen) atoms. The topological polar surface area (TPSA) is 50.3 Å². The first-order chi connectivity index (χ1) is 8.00. The molecule has 1 saturated heterocycles. The lowest BCUT2D eigenvalue weighted by Crippen LogP contribution is -2.57. The zero-order valence-electron chi connectivity index (χ0n) is 10.9. The quantitative estimate of drug-likeness (QED) is 0.829. The van der Waals surface area contributed by atoms with Crippen LogP contribution in [-0.2, 0) is 0 Å². The Hall–Kier alpha value is -1.36. The van der Waals surface area contributed by atoms with Crippen molar-refractivity contribution in [2.45, 2.75) is 26.3 Å². The monoisotopic (exact) mass is 236 g/mol. The minimum Gasteiger partial charge on any atom is -0.481 e. The zero-order chi connectivity index (χ0) is 12.5. The van der Waals surface area contributed by atoms with E-state index in [-0.39, 0.29) is 5.54 Å². The molecule has 5 heteroatoms. The van der Waals surface area contributed by atoms with Crippen LogP contribution < -0.4 is 15.0 Å². The minimum atomic E-state index is 0.115. The second-order valence-electron chi connectivity index (χ2n) is 5.05. The van der Waals surface area contributed by atoms with E-state index in [2.05, 4.69) is 34.0 Å². The van der Waals surface area contributed by atoms with Crippen molar-refractivity contribution in [1.29, 1.82) is 0 Å². The molecule has 0 bridgehead atoms. The van der Waals surface area contributed by atoms with Crippen LogP contribution in [0, 0.1) is 6.92 Å². The van der Waals surface area contributed by atoms with Crippen LogP contribution in [0.5, 0.6) is 5.88 Å². The zero-order valence-corrected chi connectivity index (χ0v) is 10.9. The highest BCUT2D eigenvalue weighted by Gasteiger charge is 2.26. The largest absolute Gasteiger partial charge is 0.481 e. The molecule has 0 aromatic carbocycles. The molecule has 0 unspecified atom stereocenters. The van der Waals surface area contributed by atoms with Gasteiger partial charge < -0.3 is 15.0 Å². The number of nitrogens with one attached hydrogen (secondary N) is 1. The van der Waals surface area contributed by atoms with Crippen LogP contribution in [0.25, 0.3) is 0 Å². The predicted octanol–water partition coefficient (Wildman–Crippen LogP) is 0.982. The van der Waals surface area contributed by atoms with Gasteiger partial charge in [0.05, 0.1) is 7.11 Å². The lowest BCUT2D eigenvalue weighted by atomic mass is 10.0. The molecule has 0 saturated carbocycles. The Morgan fingerprint density at radius 2 is 2.18 bits per heavy atom. The Morgan fingerprint density at radius 3 is 2.82 bits per heavy atom. The predicted molar refractivity (Wildman–Crippen MR) is 67.6 cm³/mol. The molecule has 1 aromatic rings. The van der Waals surface area contributed by atoms with Gasteiger partial charge in [-0.15, -0.1) is 0 Å². The molecule has 1 aliphatic rings. The van der Waals surface area contributed by atoms with Crippen molar-refractivity contribution in [3.63, 3.8) is 0 Å².